The maximum atomic E-state index is 11.4. The van der Waals surface area contributed by atoms with Gasteiger partial charge < -0.3 is 4.57 Å². The number of rotatable bonds is 5. The highest BCUT2D eigenvalue weighted by Gasteiger charge is 2.21. The van der Waals surface area contributed by atoms with Gasteiger partial charge in [-0.2, -0.15) is 0 Å². The molecule has 0 unspecified atom stereocenters. The number of nitrogens with two attached hydrogens (primary N) is 1. The Labute approximate surface area is 153 Å². The molecule has 0 saturated carbocycles. The SMILES string of the molecule is Cn1c(-c2ccccc2)cnc1Sc1ccc(S(N)(=O)=O)cc1[N+](=O)[O-]. The maximum Gasteiger partial charge on any atom is 0.284 e. The van der Waals surface area contributed by atoms with Gasteiger partial charge in [0.2, 0.25) is 10.0 Å². The highest BCUT2D eigenvalue weighted by Crippen LogP contribution is 2.36. The summed E-state index contributed by atoms with van der Waals surface area (Å²) in [5, 5.41) is 16.9. The molecule has 2 N–H and O–H groups in total. The van der Waals surface area contributed by atoms with Crippen molar-refractivity contribution in [1.29, 1.82) is 0 Å². The van der Waals surface area contributed by atoms with E-state index in [2.05, 4.69) is 4.98 Å². The van der Waals surface area contributed by atoms with Gasteiger partial charge >= 0.3 is 0 Å². The largest absolute Gasteiger partial charge is 0.322 e. The fourth-order valence-corrected chi connectivity index (χ4v) is 3.81. The van der Waals surface area contributed by atoms with Crippen molar-refractivity contribution in [3.05, 3.63) is 64.8 Å². The van der Waals surface area contributed by atoms with E-state index in [0.29, 0.717) is 5.16 Å². The third-order valence-electron chi connectivity index (χ3n) is 3.67. The van der Waals surface area contributed by atoms with Crippen molar-refractivity contribution < 1.29 is 13.3 Å². The summed E-state index contributed by atoms with van der Waals surface area (Å²) in [5.41, 5.74) is 1.48. The third kappa shape index (κ3) is 3.62. The van der Waals surface area contributed by atoms with Crippen molar-refractivity contribution in [3.8, 4) is 11.3 Å². The molecule has 3 rings (SSSR count). The number of imidazole rings is 1. The Bertz CT molecular complexity index is 1080. The van der Waals surface area contributed by atoms with E-state index in [1.54, 1.807) is 6.20 Å². The van der Waals surface area contributed by atoms with Gasteiger partial charge in [-0.15, -0.1) is 0 Å². The summed E-state index contributed by atoms with van der Waals surface area (Å²) in [5.74, 6) is 0. The Hall–Kier alpha value is -2.69. The van der Waals surface area contributed by atoms with Gasteiger partial charge in [-0.05, 0) is 29.5 Å². The van der Waals surface area contributed by atoms with Gasteiger partial charge in [0.25, 0.3) is 5.69 Å². The van der Waals surface area contributed by atoms with Gasteiger partial charge in [0.1, 0.15) is 0 Å². The summed E-state index contributed by atoms with van der Waals surface area (Å²) in [6, 6.07) is 13.2. The third-order valence-corrected chi connectivity index (χ3v) is 5.71. The number of hydrogen-bond acceptors (Lipinski definition) is 6. The first-order valence-electron chi connectivity index (χ1n) is 7.33. The summed E-state index contributed by atoms with van der Waals surface area (Å²) in [4.78, 5) is 15.0. The highest BCUT2D eigenvalue weighted by molar-refractivity contribution is 7.99. The molecule has 1 aromatic heterocycles. The molecule has 8 nitrogen and oxygen atoms in total. The van der Waals surface area contributed by atoms with Crippen LogP contribution in [0.3, 0.4) is 0 Å². The number of nitro benzene ring substituents is 1. The minimum absolute atomic E-state index is 0.274. The molecule has 0 atom stereocenters. The fourth-order valence-electron chi connectivity index (χ4n) is 2.37. The molecule has 0 aliphatic heterocycles. The van der Waals surface area contributed by atoms with Gasteiger partial charge in [0, 0.05) is 13.1 Å². The molecular formula is C16H14N4O4S2. The molecule has 0 bridgehead atoms. The van der Waals surface area contributed by atoms with Crippen molar-refractivity contribution in [3.63, 3.8) is 0 Å². The summed E-state index contributed by atoms with van der Waals surface area (Å²) in [6.07, 6.45) is 1.68. The van der Waals surface area contributed by atoms with E-state index in [1.807, 2.05) is 41.9 Å². The van der Waals surface area contributed by atoms with Gasteiger partial charge in [0.15, 0.2) is 5.16 Å². The molecule has 0 fully saturated rings. The number of benzene rings is 2. The van der Waals surface area contributed by atoms with E-state index in [1.165, 1.54) is 12.1 Å². The molecule has 1 heterocycles. The summed E-state index contributed by atoms with van der Waals surface area (Å²) in [7, 11) is -2.22. The predicted octanol–water partition coefficient (Wildman–Crippen LogP) is 2.79. The zero-order valence-corrected chi connectivity index (χ0v) is 15.2. The first kappa shape index (κ1) is 18.1. The zero-order chi connectivity index (χ0) is 18.9. The van der Waals surface area contributed by atoms with Crippen molar-refractivity contribution in [1.82, 2.24) is 9.55 Å². The first-order valence-corrected chi connectivity index (χ1v) is 9.70. The second-order valence-electron chi connectivity index (χ2n) is 5.38. The average molecular weight is 390 g/mol. The molecule has 0 saturated heterocycles. The molecule has 0 spiro atoms. The number of aromatic nitrogens is 2. The van der Waals surface area contributed by atoms with Crippen LogP contribution in [0.1, 0.15) is 0 Å². The number of hydrogen-bond donors (Lipinski definition) is 1. The van der Waals surface area contributed by atoms with E-state index in [0.717, 1.165) is 29.1 Å². The number of nitro groups is 1. The summed E-state index contributed by atoms with van der Waals surface area (Å²) < 4.78 is 24.7. The minimum atomic E-state index is -4.02. The van der Waals surface area contributed by atoms with Gasteiger partial charge in [0.05, 0.1) is 26.6 Å². The van der Waals surface area contributed by atoms with Crippen LogP contribution in [-0.2, 0) is 17.1 Å². The van der Waals surface area contributed by atoms with Crippen LogP contribution in [-0.4, -0.2) is 22.9 Å². The van der Waals surface area contributed by atoms with E-state index >= 15 is 0 Å². The van der Waals surface area contributed by atoms with Crippen LogP contribution in [0.2, 0.25) is 0 Å². The monoisotopic (exact) mass is 390 g/mol. The Balaban J connectivity index is 2.00. The minimum Gasteiger partial charge on any atom is -0.322 e. The molecular weight excluding hydrogens is 376 g/mol. The molecule has 0 amide bonds. The Morgan fingerprint density at radius 3 is 2.50 bits per heavy atom. The molecule has 26 heavy (non-hydrogen) atoms. The van der Waals surface area contributed by atoms with Gasteiger partial charge in [-0.3, -0.25) is 10.1 Å². The zero-order valence-electron chi connectivity index (χ0n) is 13.6. The van der Waals surface area contributed by atoms with E-state index in [9.17, 15) is 18.5 Å². The lowest BCUT2D eigenvalue weighted by Gasteiger charge is -2.07. The van der Waals surface area contributed by atoms with Crippen molar-refractivity contribution in [2.45, 2.75) is 14.9 Å². The van der Waals surface area contributed by atoms with Crippen molar-refractivity contribution in [2.75, 3.05) is 0 Å². The topological polar surface area (TPSA) is 121 Å². The van der Waals surface area contributed by atoms with Crippen LogP contribution in [0.25, 0.3) is 11.3 Å². The second-order valence-corrected chi connectivity index (χ2v) is 7.96. The van der Waals surface area contributed by atoms with E-state index in [4.69, 9.17) is 5.14 Å². The van der Waals surface area contributed by atoms with E-state index in [-0.39, 0.29) is 15.5 Å². The average Bonchev–Trinajstić information content (AvgIpc) is 2.95. The van der Waals surface area contributed by atoms with Crippen LogP contribution in [0.5, 0.6) is 0 Å². The first-order chi connectivity index (χ1) is 12.3. The molecule has 10 heteroatoms. The molecule has 134 valence electrons. The smallest absolute Gasteiger partial charge is 0.284 e. The molecule has 0 aliphatic carbocycles. The Morgan fingerprint density at radius 1 is 1.19 bits per heavy atom. The number of sulfonamides is 1. The van der Waals surface area contributed by atoms with Crippen LogP contribution < -0.4 is 5.14 Å². The molecule has 0 aliphatic rings. The predicted molar refractivity (Wildman–Crippen MR) is 97.2 cm³/mol. The fraction of sp³-hybridized carbons (Fsp3) is 0.0625. The maximum absolute atomic E-state index is 11.4. The van der Waals surface area contributed by atoms with Crippen LogP contribution >= 0.6 is 11.8 Å². The number of primary sulfonamides is 1. The molecule has 0 radical (unpaired) electrons. The summed E-state index contributed by atoms with van der Waals surface area (Å²) >= 11 is 1.08. The number of nitrogens with zero attached hydrogens (tertiary/aromatic N) is 3. The second kappa shape index (κ2) is 6.90. The quantitative estimate of drug-likeness (QED) is 0.528. The van der Waals surface area contributed by atoms with Gasteiger partial charge in [-0.1, -0.05) is 30.3 Å². The lowest BCUT2D eigenvalue weighted by Crippen LogP contribution is -2.12. The van der Waals surface area contributed by atoms with Crippen LogP contribution in [0.15, 0.2) is 69.7 Å². The molecule has 3 aromatic rings. The van der Waals surface area contributed by atoms with Crippen molar-refractivity contribution in [2.24, 2.45) is 12.2 Å². The lowest BCUT2D eigenvalue weighted by atomic mass is 10.2. The summed E-state index contributed by atoms with van der Waals surface area (Å²) in [6.45, 7) is 0. The van der Waals surface area contributed by atoms with Crippen LogP contribution in [0, 0.1) is 10.1 Å². The Morgan fingerprint density at radius 2 is 1.88 bits per heavy atom. The highest BCUT2D eigenvalue weighted by atomic mass is 32.2. The van der Waals surface area contributed by atoms with Crippen LogP contribution in [0.4, 0.5) is 5.69 Å². The normalized spacial score (nSPS) is 11.5. The van der Waals surface area contributed by atoms with Gasteiger partial charge in [-0.25, -0.2) is 18.5 Å². The Kier molecular flexibility index (Phi) is 4.81. The molecule has 2 aromatic carbocycles. The van der Waals surface area contributed by atoms with Crippen molar-refractivity contribution >= 4 is 27.5 Å². The lowest BCUT2D eigenvalue weighted by molar-refractivity contribution is -0.388. The standard InChI is InChI=1S/C16H14N4O4S2/c1-19-14(11-5-3-2-4-6-11)10-18-16(19)25-15-8-7-12(26(17,23)24)9-13(15)20(21)22/h2-10H,1H3,(H2,17,23,24). The van der Waals surface area contributed by atoms with E-state index < -0.39 is 14.9 Å².